The van der Waals surface area contributed by atoms with Gasteiger partial charge >= 0.3 is 5.97 Å². The predicted molar refractivity (Wildman–Crippen MR) is 80.1 cm³/mol. The van der Waals surface area contributed by atoms with Crippen LogP contribution in [0.1, 0.15) is 27.2 Å². The SMILES string of the molecule is CCOC(=O)c1nc(C(=O)Nc2ccc(Br)c(F)c2)cs1. The molecular weight excluding hydrogens is 363 g/mol. The van der Waals surface area contributed by atoms with Gasteiger partial charge in [0.05, 0.1) is 11.1 Å². The second-order valence-corrected chi connectivity index (χ2v) is 5.55. The van der Waals surface area contributed by atoms with Gasteiger partial charge < -0.3 is 10.1 Å². The van der Waals surface area contributed by atoms with Crippen molar-refractivity contribution >= 4 is 44.8 Å². The van der Waals surface area contributed by atoms with Crippen LogP contribution in [0.25, 0.3) is 0 Å². The Morgan fingerprint density at radius 3 is 2.90 bits per heavy atom. The second kappa shape index (κ2) is 6.77. The lowest BCUT2D eigenvalue weighted by Gasteiger charge is -2.04. The van der Waals surface area contributed by atoms with Gasteiger partial charge in [-0.1, -0.05) is 0 Å². The number of carbonyl (C=O) groups excluding carboxylic acids is 2. The summed E-state index contributed by atoms with van der Waals surface area (Å²) in [6.45, 7) is 1.92. The number of halogens is 2. The van der Waals surface area contributed by atoms with Crippen molar-refractivity contribution < 1.29 is 18.7 Å². The van der Waals surface area contributed by atoms with E-state index in [0.717, 1.165) is 11.3 Å². The molecule has 110 valence electrons. The summed E-state index contributed by atoms with van der Waals surface area (Å²) in [5, 5.41) is 4.04. The normalized spacial score (nSPS) is 10.2. The zero-order valence-corrected chi connectivity index (χ0v) is 13.3. The summed E-state index contributed by atoms with van der Waals surface area (Å²) in [7, 11) is 0. The quantitative estimate of drug-likeness (QED) is 0.834. The standard InChI is InChI=1S/C13H10BrFN2O3S/c1-2-20-13(19)12-17-10(6-21-12)11(18)16-7-3-4-8(14)9(15)5-7/h3-6H,2H2,1H3,(H,16,18). The number of esters is 1. The molecule has 1 aromatic carbocycles. The van der Waals surface area contributed by atoms with Crippen LogP contribution in [0.3, 0.4) is 0 Å². The van der Waals surface area contributed by atoms with E-state index in [1.54, 1.807) is 13.0 Å². The molecule has 2 rings (SSSR count). The summed E-state index contributed by atoms with van der Waals surface area (Å²) in [6.07, 6.45) is 0. The Bertz CT molecular complexity index is 690. The lowest BCUT2D eigenvalue weighted by atomic mass is 10.3. The fraction of sp³-hybridized carbons (Fsp3) is 0.154. The van der Waals surface area contributed by atoms with E-state index in [1.807, 2.05) is 0 Å². The van der Waals surface area contributed by atoms with Crippen LogP contribution in [0, 0.1) is 5.82 Å². The number of carbonyl (C=O) groups is 2. The van der Waals surface area contributed by atoms with E-state index in [2.05, 4.69) is 26.2 Å². The summed E-state index contributed by atoms with van der Waals surface area (Å²) >= 11 is 4.04. The molecule has 0 aliphatic heterocycles. The number of aromatic nitrogens is 1. The number of ether oxygens (including phenoxy) is 1. The van der Waals surface area contributed by atoms with Crippen LogP contribution in [0.15, 0.2) is 28.1 Å². The van der Waals surface area contributed by atoms with Gasteiger partial charge in [-0.05, 0) is 41.1 Å². The predicted octanol–water partition coefficient (Wildman–Crippen LogP) is 3.47. The number of benzene rings is 1. The Kier molecular flexibility index (Phi) is 5.03. The molecule has 0 atom stereocenters. The summed E-state index contributed by atoms with van der Waals surface area (Å²) in [6, 6.07) is 4.21. The number of rotatable bonds is 4. The molecule has 2 aromatic rings. The number of thiazole rings is 1. The average Bonchev–Trinajstić information content (AvgIpc) is 2.93. The van der Waals surface area contributed by atoms with Crippen molar-refractivity contribution in [2.45, 2.75) is 6.92 Å². The first kappa shape index (κ1) is 15.6. The average molecular weight is 373 g/mol. The third-order valence-electron chi connectivity index (χ3n) is 2.36. The largest absolute Gasteiger partial charge is 0.461 e. The fourth-order valence-corrected chi connectivity index (χ4v) is 2.37. The fourth-order valence-electron chi connectivity index (χ4n) is 1.43. The first-order valence-corrected chi connectivity index (χ1v) is 7.57. The van der Waals surface area contributed by atoms with Gasteiger partial charge in [0.2, 0.25) is 5.01 Å². The van der Waals surface area contributed by atoms with E-state index in [4.69, 9.17) is 4.74 Å². The van der Waals surface area contributed by atoms with Gasteiger partial charge in [0.1, 0.15) is 11.5 Å². The maximum absolute atomic E-state index is 13.4. The highest BCUT2D eigenvalue weighted by atomic mass is 79.9. The highest BCUT2D eigenvalue weighted by Crippen LogP contribution is 2.20. The Morgan fingerprint density at radius 2 is 2.24 bits per heavy atom. The molecule has 8 heteroatoms. The molecule has 0 bridgehead atoms. The van der Waals surface area contributed by atoms with Gasteiger partial charge in [-0.15, -0.1) is 11.3 Å². The minimum absolute atomic E-state index is 0.0754. The second-order valence-electron chi connectivity index (χ2n) is 3.84. The number of hydrogen-bond donors (Lipinski definition) is 1. The molecule has 0 saturated carbocycles. The number of nitrogens with zero attached hydrogens (tertiary/aromatic N) is 1. The van der Waals surface area contributed by atoms with Crippen LogP contribution in [-0.4, -0.2) is 23.5 Å². The Balaban J connectivity index is 2.10. The first-order chi connectivity index (χ1) is 10.0. The lowest BCUT2D eigenvalue weighted by molar-refractivity contribution is 0.0526. The highest BCUT2D eigenvalue weighted by Gasteiger charge is 2.16. The van der Waals surface area contributed by atoms with Crippen LogP contribution < -0.4 is 5.32 Å². The molecule has 0 unspecified atom stereocenters. The summed E-state index contributed by atoms with van der Waals surface area (Å²) in [5.41, 5.74) is 0.373. The van der Waals surface area contributed by atoms with E-state index in [0.29, 0.717) is 10.2 Å². The molecule has 5 nitrogen and oxygen atoms in total. The summed E-state index contributed by atoms with van der Waals surface area (Å²) in [5.74, 6) is -1.59. The maximum Gasteiger partial charge on any atom is 0.367 e. The van der Waals surface area contributed by atoms with E-state index < -0.39 is 17.7 Å². The molecule has 0 aliphatic carbocycles. The zero-order valence-electron chi connectivity index (χ0n) is 10.9. The lowest BCUT2D eigenvalue weighted by Crippen LogP contribution is -2.13. The van der Waals surface area contributed by atoms with Crippen molar-refractivity contribution in [2.24, 2.45) is 0 Å². The van der Waals surface area contributed by atoms with E-state index in [9.17, 15) is 14.0 Å². The molecule has 1 N–H and O–H groups in total. The summed E-state index contributed by atoms with van der Waals surface area (Å²) in [4.78, 5) is 27.3. The van der Waals surface area contributed by atoms with Crippen molar-refractivity contribution in [3.8, 4) is 0 Å². The number of hydrogen-bond acceptors (Lipinski definition) is 5. The topological polar surface area (TPSA) is 68.3 Å². The molecule has 0 spiro atoms. The molecule has 21 heavy (non-hydrogen) atoms. The van der Waals surface area contributed by atoms with Gasteiger partial charge in [0.25, 0.3) is 5.91 Å². The van der Waals surface area contributed by atoms with Crippen molar-refractivity contribution in [3.63, 3.8) is 0 Å². The van der Waals surface area contributed by atoms with Crippen LogP contribution in [0.5, 0.6) is 0 Å². The molecule has 0 fully saturated rings. The van der Waals surface area contributed by atoms with Gasteiger partial charge in [-0.25, -0.2) is 14.2 Å². The van der Waals surface area contributed by atoms with Crippen molar-refractivity contribution in [3.05, 3.63) is 44.6 Å². The van der Waals surface area contributed by atoms with E-state index in [1.165, 1.54) is 17.5 Å². The van der Waals surface area contributed by atoms with Gasteiger partial charge in [0, 0.05) is 11.1 Å². The third kappa shape index (κ3) is 3.85. The smallest absolute Gasteiger partial charge is 0.367 e. The van der Waals surface area contributed by atoms with Crippen LogP contribution in [-0.2, 0) is 4.74 Å². The third-order valence-corrected chi connectivity index (χ3v) is 3.83. The van der Waals surface area contributed by atoms with Crippen molar-refractivity contribution in [1.29, 1.82) is 0 Å². The number of amides is 1. The monoisotopic (exact) mass is 372 g/mol. The van der Waals surface area contributed by atoms with E-state index >= 15 is 0 Å². The van der Waals surface area contributed by atoms with Crippen molar-refractivity contribution in [2.75, 3.05) is 11.9 Å². The number of anilines is 1. The Morgan fingerprint density at radius 1 is 1.48 bits per heavy atom. The van der Waals surface area contributed by atoms with Crippen LogP contribution in [0.2, 0.25) is 0 Å². The summed E-state index contributed by atoms with van der Waals surface area (Å²) < 4.78 is 18.4. The number of nitrogens with one attached hydrogen (secondary N) is 1. The Labute approximate surface area is 132 Å². The molecule has 1 amide bonds. The van der Waals surface area contributed by atoms with Crippen LogP contribution in [0.4, 0.5) is 10.1 Å². The Hall–Kier alpha value is -1.80. The molecule has 0 saturated heterocycles. The van der Waals surface area contributed by atoms with Crippen molar-refractivity contribution in [1.82, 2.24) is 4.98 Å². The minimum atomic E-state index is -0.573. The van der Waals surface area contributed by atoms with Gasteiger partial charge in [0.15, 0.2) is 0 Å². The molecule has 0 aliphatic rings. The molecule has 0 radical (unpaired) electrons. The zero-order chi connectivity index (χ0) is 15.4. The van der Waals surface area contributed by atoms with Gasteiger partial charge in [-0.3, -0.25) is 4.79 Å². The molecule has 1 heterocycles. The first-order valence-electron chi connectivity index (χ1n) is 5.90. The highest BCUT2D eigenvalue weighted by molar-refractivity contribution is 9.10. The van der Waals surface area contributed by atoms with Crippen LogP contribution >= 0.6 is 27.3 Å². The van der Waals surface area contributed by atoms with E-state index in [-0.39, 0.29) is 17.3 Å². The minimum Gasteiger partial charge on any atom is -0.461 e. The maximum atomic E-state index is 13.4. The molecule has 1 aromatic heterocycles. The molecular formula is C13H10BrFN2O3S. The van der Waals surface area contributed by atoms with Gasteiger partial charge in [-0.2, -0.15) is 0 Å².